The van der Waals surface area contributed by atoms with Gasteiger partial charge >= 0.3 is 0 Å². The summed E-state index contributed by atoms with van der Waals surface area (Å²) in [4.78, 5) is 13.0. The van der Waals surface area contributed by atoms with Gasteiger partial charge in [0, 0.05) is 18.1 Å². The summed E-state index contributed by atoms with van der Waals surface area (Å²) in [7, 11) is 0. The van der Waals surface area contributed by atoms with E-state index >= 15 is 0 Å². The first-order valence-electron chi connectivity index (χ1n) is 10.5. The van der Waals surface area contributed by atoms with Gasteiger partial charge in [0.25, 0.3) is 0 Å². The molecule has 0 fully saturated rings. The molecule has 0 bridgehead atoms. The molecule has 0 spiro atoms. The van der Waals surface area contributed by atoms with Crippen LogP contribution < -0.4 is 9.47 Å². The zero-order chi connectivity index (χ0) is 22.2. The maximum absolute atomic E-state index is 13.0. The number of nitriles is 2. The molecule has 2 aromatic carbocycles. The summed E-state index contributed by atoms with van der Waals surface area (Å²) in [6.07, 6.45) is 2.82. The summed E-state index contributed by atoms with van der Waals surface area (Å²) >= 11 is 0. The Labute approximate surface area is 183 Å². The molecular weight excluding hydrogens is 388 g/mol. The third-order valence-corrected chi connectivity index (χ3v) is 5.66. The van der Waals surface area contributed by atoms with E-state index in [1.165, 1.54) is 5.56 Å². The number of carbonyl (C=O) groups is 1. The maximum atomic E-state index is 13.0. The van der Waals surface area contributed by atoms with E-state index in [2.05, 4.69) is 12.1 Å². The molecule has 158 valence electrons. The van der Waals surface area contributed by atoms with Crippen molar-refractivity contribution in [1.82, 2.24) is 0 Å². The highest BCUT2D eigenvalue weighted by molar-refractivity contribution is 6.03. The third kappa shape index (κ3) is 5.13. The number of rotatable bonds is 8. The van der Waals surface area contributed by atoms with Crippen LogP contribution in [0.5, 0.6) is 11.5 Å². The van der Waals surface area contributed by atoms with Crippen molar-refractivity contribution >= 4 is 11.4 Å². The van der Waals surface area contributed by atoms with Gasteiger partial charge in [0.05, 0.1) is 0 Å². The second kappa shape index (κ2) is 10.5. The number of hydrogen-bond donors (Lipinski definition) is 0. The Morgan fingerprint density at radius 2 is 1.81 bits per heavy atom. The normalized spacial score (nSPS) is 15.7. The van der Waals surface area contributed by atoms with Gasteiger partial charge in [-0.2, -0.15) is 10.5 Å². The number of ether oxygens (including phenoxy) is 2. The van der Waals surface area contributed by atoms with Gasteiger partial charge in [0.15, 0.2) is 19.0 Å². The van der Waals surface area contributed by atoms with E-state index in [0.29, 0.717) is 30.3 Å². The van der Waals surface area contributed by atoms with Crippen LogP contribution in [-0.4, -0.2) is 19.0 Å². The van der Waals surface area contributed by atoms with Crippen molar-refractivity contribution in [2.45, 2.75) is 45.4 Å². The zero-order valence-corrected chi connectivity index (χ0v) is 18.0. The van der Waals surface area contributed by atoms with Crippen LogP contribution in [0, 0.1) is 29.6 Å². The van der Waals surface area contributed by atoms with Crippen molar-refractivity contribution in [2.75, 3.05) is 13.2 Å². The lowest BCUT2D eigenvalue weighted by molar-refractivity contribution is -0.115. The molecular formula is C26H26N2O3. The SMILES string of the molecule is CCC(=O)C1=C(c2c(C)cc(OCC#N)cc2OCC#N)CCC(c2ccccc2)C1. The minimum absolute atomic E-state index is 0.0719. The van der Waals surface area contributed by atoms with Gasteiger partial charge in [-0.15, -0.1) is 0 Å². The Morgan fingerprint density at radius 3 is 2.48 bits per heavy atom. The van der Waals surface area contributed by atoms with Gasteiger partial charge < -0.3 is 9.47 Å². The molecule has 1 aliphatic rings. The molecule has 1 unspecified atom stereocenters. The van der Waals surface area contributed by atoms with Crippen molar-refractivity contribution in [3.8, 4) is 23.6 Å². The zero-order valence-electron chi connectivity index (χ0n) is 18.0. The molecule has 1 atom stereocenters. The third-order valence-electron chi connectivity index (χ3n) is 5.66. The highest BCUT2D eigenvalue weighted by Crippen LogP contribution is 2.45. The highest BCUT2D eigenvalue weighted by Gasteiger charge is 2.29. The fourth-order valence-corrected chi connectivity index (χ4v) is 4.25. The van der Waals surface area contributed by atoms with Gasteiger partial charge in [0.2, 0.25) is 0 Å². The van der Waals surface area contributed by atoms with E-state index in [-0.39, 0.29) is 19.0 Å². The Kier molecular flexibility index (Phi) is 7.46. The summed E-state index contributed by atoms with van der Waals surface area (Å²) in [6.45, 7) is 3.65. The number of allylic oxidation sites excluding steroid dienone is 2. The average molecular weight is 415 g/mol. The highest BCUT2D eigenvalue weighted by atomic mass is 16.5. The van der Waals surface area contributed by atoms with Crippen molar-refractivity contribution < 1.29 is 14.3 Å². The first-order valence-corrected chi connectivity index (χ1v) is 10.5. The van der Waals surface area contributed by atoms with E-state index in [0.717, 1.165) is 35.1 Å². The summed E-state index contributed by atoms with van der Waals surface area (Å²) in [5.41, 5.74) is 4.86. The number of benzene rings is 2. The van der Waals surface area contributed by atoms with Gasteiger partial charge in [0.1, 0.15) is 23.6 Å². The molecule has 0 aromatic heterocycles. The van der Waals surface area contributed by atoms with Crippen LogP contribution in [0.1, 0.15) is 55.2 Å². The van der Waals surface area contributed by atoms with Crippen LogP contribution in [0.15, 0.2) is 48.0 Å². The monoisotopic (exact) mass is 414 g/mol. The topological polar surface area (TPSA) is 83.1 Å². The molecule has 2 aromatic rings. The first-order chi connectivity index (χ1) is 15.1. The first kappa shape index (κ1) is 22.1. The molecule has 31 heavy (non-hydrogen) atoms. The second-order valence-corrected chi connectivity index (χ2v) is 7.59. The van der Waals surface area contributed by atoms with Crippen LogP contribution in [0.2, 0.25) is 0 Å². The van der Waals surface area contributed by atoms with E-state index < -0.39 is 0 Å². The molecule has 0 radical (unpaired) electrons. The summed E-state index contributed by atoms with van der Waals surface area (Å²) in [6, 6.07) is 17.8. The van der Waals surface area contributed by atoms with Gasteiger partial charge in [-0.3, -0.25) is 4.79 Å². The largest absolute Gasteiger partial charge is 0.479 e. The number of Topliss-reactive ketones (excluding diaryl/α,β-unsaturated/α-hetero) is 1. The number of nitrogens with zero attached hydrogens (tertiary/aromatic N) is 2. The lowest BCUT2D eigenvalue weighted by atomic mass is 9.75. The molecule has 0 saturated heterocycles. The molecule has 0 amide bonds. The van der Waals surface area contributed by atoms with E-state index in [1.807, 2.05) is 50.3 Å². The lowest BCUT2D eigenvalue weighted by Gasteiger charge is -2.29. The van der Waals surface area contributed by atoms with Crippen molar-refractivity contribution in [3.05, 3.63) is 64.7 Å². The van der Waals surface area contributed by atoms with Crippen molar-refractivity contribution in [1.29, 1.82) is 10.5 Å². The van der Waals surface area contributed by atoms with Gasteiger partial charge in [-0.25, -0.2) is 0 Å². The summed E-state index contributed by atoms with van der Waals surface area (Å²) in [5, 5.41) is 17.8. The number of ketones is 1. The van der Waals surface area contributed by atoms with E-state index in [9.17, 15) is 4.79 Å². The van der Waals surface area contributed by atoms with E-state index in [4.69, 9.17) is 20.0 Å². The average Bonchev–Trinajstić information content (AvgIpc) is 2.81. The van der Waals surface area contributed by atoms with Crippen LogP contribution in [0.3, 0.4) is 0 Å². The number of hydrogen-bond acceptors (Lipinski definition) is 5. The standard InChI is InChI=1S/C26H26N2O3/c1-3-24(29)23-16-20(19-7-5-4-6-8-19)9-10-22(23)26-18(2)15-21(30-13-11-27)17-25(26)31-14-12-28/h4-8,15,17,20H,3,9-10,13-14,16H2,1-2H3. The molecule has 1 aliphatic carbocycles. The molecule has 0 saturated carbocycles. The molecule has 0 N–H and O–H groups in total. The Balaban J connectivity index is 2.08. The fraction of sp³-hybridized carbons (Fsp3) is 0.346. The summed E-state index contributed by atoms with van der Waals surface area (Å²) < 4.78 is 11.2. The Hall–Kier alpha value is -3.57. The van der Waals surface area contributed by atoms with Crippen LogP contribution in [-0.2, 0) is 4.79 Å². The minimum atomic E-state index is -0.106. The smallest absolute Gasteiger partial charge is 0.174 e. The molecule has 5 heteroatoms. The van der Waals surface area contributed by atoms with Crippen LogP contribution >= 0.6 is 0 Å². The van der Waals surface area contributed by atoms with Crippen LogP contribution in [0.4, 0.5) is 0 Å². The fourth-order valence-electron chi connectivity index (χ4n) is 4.25. The number of carbonyl (C=O) groups excluding carboxylic acids is 1. The quantitative estimate of drug-likeness (QED) is 0.569. The Morgan fingerprint density at radius 1 is 1.10 bits per heavy atom. The molecule has 0 heterocycles. The van der Waals surface area contributed by atoms with Crippen LogP contribution in [0.25, 0.3) is 5.57 Å². The lowest BCUT2D eigenvalue weighted by Crippen LogP contribution is -2.16. The number of aryl methyl sites for hydroxylation is 1. The molecule has 0 aliphatic heterocycles. The molecule has 3 rings (SSSR count). The second-order valence-electron chi connectivity index (χ2n) is 7.59. The minimum Gasteiger partial charge on any atom is -0.479 e. The van der Waals surface area contributed by atoms with Crippen molar-refractivity contribution in [2.24, 2.45) is 0 Å². The predicted octanol–water partition coefficient (Wildman–Crippen LogP) is 5.50. The maximum Gasteiger partial charge on any atom is 0.174 e. The molecule has 5 nitrogen and oxygen atoms in total. The van der Waals surface area contributed by atoms with Gasteiger partial charge in [-0.05, 0) is 60.4 Å². The van der Waals surface area contributed by atoms with Gasteiger partial charge in [-0.1, -0.05) is 37.3 Å². The van der Waals surface area contributed by atoms with E-state index in [1.54, 1.807) is 6.07 Å². The predicted molar refractivity (Wildman–Crippen MR) is 119 cm³/mol. The van der Waals surface area contributed by atoms with Crippen molar-refractivity contribution in [3.63, 3.8) is 0 Å². The summed E-state index contributed by atoms with van der Waals surface area (Å²) in [5.74, 6) is 1.48. The Bertz CT molecular complexity index is 1060.